The zero-order chi connectivity index (χ0) is 8.97. The van der Waals surface area contributed by atoms with Crippen LogP contribution in [0.3, 0.4) is 0 Å². The highest BCUT2D eigenvalue weighted by molar-refractivity contribution is 4.97. The first-order chi connectivity index (χ1) is 5.79. The van der Waals surface area contributed by atoms with Crippen molar-refractivity contribution >= 4 is 0 Å². The lowest BCUT2D eigenvalue weighted by Crippen LogP contribution is -2.53. The Morgan fingerprint density at radius 2 is 2.50 bits per heavy atom. The Kier molecular flexibility index (Phi) is 3.51. The molecule has 2 unspecified atom stereocenters. The molecule has 0 aliphatic carbocycles. The van der Waals surface area contributed by atoms with Crippen molar-refractivity contribution in [2.75, 3.05) is 19.6 Å². The highest BCUT2D eigenvalue weighted by atomic mass is 15.2. The molecule has 0 aromatic rings. The maximum atomic E-state index is 8.87. The summed E-state index contributed by atoms with van der Waals surface area (Å²) in [6.07, 6.45) is 1.12. The molecule has 12 heavy (non-hydrogen) atoms. The summed E-state index contributed by atoms with van der Waals surface area (Å²) < 4.78 is 0. The van der Waals surface area contributed by atoms with Gasteiger partial charge in [0.15, 0.2) is 0 Å². The van der Waals surface area contributed by atoms with Crippen molar-refractivity contribution in [3.8, 4) is 6.07 Å². The van der Waals surface area contributed by atoms with Crippen molar-refractivity contribution in [1.29, 1.82) is 5.26 Å². The number of hydrogen-bond donors (Lipinski definition) is 1. The van der Waals surface area contributed by atoms with Crippen molar-refractivity contribution in [1.82, 2.24) is 10.2 Å². The number of nitriles is 1. The molecule has 1 N–H and O–H groups in total. The second-order valence-electron chi connectivity index (χ2n) is 3.34. The molecule has 0 radical (unpaired) electrons. The van der Waals surface area contributed by atoms with Crippen LogP contribution in [0.4, 0.5) is 0 Å². The van der Waals surface area contributed by atoms with Crippen LogP contribution >= 0.6 is 0 Å². The zero-order valence-electron chi connectivity index (χ0n) is 7.88. The number of nitrogens with one attached hydrogen (secondary N) is 1. The van der Waals surface area contributed by atoms with Crippen LogP contribution in [-0.4, -0.2) is 36.6 Å². The minimum Gasteiger partial charge on any atom is -0.313 e. The van der Waals surface area contributed by atoms with Crippen LogP contribution in [-0.2, 0) is 0 Å². The van der Waals surface area contributed by atoms with E-state index in [2.05, 4.69) is 30.1 Å². The van der Waals surface area contributed by atoms with E-state index in [4.69, 9.17) is 5.26 Å². The van der Waals surface area contributed by atoms with E-state index < -0.39 is 0 Å². The first-order valence-corrected chi connectivity index (χ1v) is 4.65. The number of rotatable bonds is 2. The third kappa shape index (κ3) is 1.96. The largest absolute Gasteiger partial charge is 0.313 e. The molecule has 1 aliphatic rings. The zero-order valence-corrected chi connectivity index (χ0v) is 7.88. The van der Waals surface area contributed by atoms with Gasteiger partial charge in [-0.05, 0) is 13.3 Å². The summed E-state index contributed by atoms with van der Waals surface area (Å²) in [7, 11) is 0. The highest BCUT2D eigenvalue weighted by Crippen LogP contribution is 2.09. The van der Waals surface area contributed by atoms with Crippen LogP contribution in [0.15, 0.2) is 0 Å². The van der Waals surface area contributed by atoms with Gasteiger partial charge in [0, 0.05) is 25.7 Å². The average molecular weight is 167 g/mol. The van der Waals surface area contributed by atoms with Crippen LogP contribution in [0.1, 0.15) is 20.3 Å². The van der Waals surface area contributed by atoms with E-state index >= 15 is 0 Å². The van der Waals surface area contributed by atoms with Crippen LogP contribution in [0.5, 0.6) is 0 Å². The monoisotopic (exact) mass is 167 g/mol. The normalized spacial score (nSPS) is 27.9. The minimum atomic E-state index is 0.0775. The molecule has 1 aliphatic heterocycles. The molecule has 0 aromatic carbocycles. The van der Waals surface area contributed by atoms with E-state index in [1.54, 1.807) is 0 Å². The lowest BCUT2D eigenvalue weighted by molar-refractivity contribution is 0.143. The van der Waals surface area contributed by atoms with Crippen molar-refractivity contribution in [3.63, 3.8) is 0 Å². The molecule has 3 nitrogen and oxygen atoms in total. The van der Waals surface area contributed by atoms with Crippen molar-refractivity contribution in [2.45, 2.75) is 32.4 Å². The quantitative estimate of drug-likeness (QED) is 0.654. The van der Waals surface area contributed by atoms with Gasteiger partial charge in [-0.25, -0.2) is 0 Å². The van der Waals surface area contributed by atoms with Gasteiger partial charge in [-0.2, -0.15) is 5.26 Å². The van der Waals surface area contributed by atoms with Gasteiger partial charge in [0.2, 0.25) is 0 Å². The standard InChI is InChI=1S/C9H17N3/c1-3-8(2)12-5-4-11-7-9(12)6-10/h8-9,11H,3-5,7H2,1-2H3. The van der Waals surface area contributed by atoms with Gasteiger partial charge in [-0.15, -0.1) is 0 Å². The van der Waals surface area contributed by atoms with E-state index in [0.717, 1.165) is 26.1 Å². The topological polar surface area (TPSA) is 39.1 Å². The van der Waals surface area contributed by atoms with E-state index in [9.17, 15) is 0 Å². The van der Waals surface area contributed by atoms with Gasteiger partial charge < -0.3 is 5.32 Å². The smallest absolute Gasteiger partial charge is 0.111 e. The van der Waals surface area contributed by atoms with Crippen molar-refractivity contribution in [3.05, 3.63) is 0 Å². The molecule has 1 fully saturated rings. The molecule has 3 heteroatoms. The summed E-state index contributed by atoms with van der Waals surface area (Å²) >= 11 is 0. The van der Waals surface area contributed by atoms with Gasteiger partial charge in [-0.1, -0.05) is 6.92 Å². The summed E-state index contributed by atoms with van der Waals surface area (Å²) in [6, 6.07) is 2.95. The van der Waals surface area contributed by atoms with Crippen LogP contribution in [0.25, 0.3) is 0 Å². The minimum absolute atomic E-state index is 0.0775. The first-order valence-electron chi connectivity index (χ1n) is 4.65. The van der Waals surface area contributed by atoms with Gasteiger partial charge in [0.05, 0.1) is 6.07 Å². The summed E-state index contributed by atoms with van der Waals surface area (Å²) in [5.41, 5.74) is 0. The predicted molar refractivity (Wildman–Crippen MR) is 48.7 cm³/mol. The Morgan fingerprint density at radius 3 is 3.08 bits per heavy atom. The predicted octanol–water partition coefficient (Wildman–Crippen LogP) is 0.582. The van der Waals surface area contributed by atoms with Crippen molar-refractivity contribution in [2.24, 2.45) is 0 Å². The maximum Gasteiger partial charge on any atom is 0.111 e. The van der Waals surface area contributed by atoms with E-state index in [1.807, 2.05) is 0 Å². The fraction of sp³-hybridized carbons (Fsp3) is 0.889. The molecular formula is C9H17N3. The summed E-state index contributed by atoms with van der Waals surface area (Å²) in [6.45, 7) is 7.20. The molecule has 0 amide bonds. The summed E-state index contributed by atoms with van der Waals surface area (Å²) in [4.78, 5) is 2.29. The van der Waals surface area contributed by atoms with Crippen LogP contribution < -0.4 is 5.32 Å². The molecule has 1 heterocycles. The Morgan fingerprint density at radius 1 is 1.75 bits per heavy atom. The summed E-state index contributed by atoms with van der Waals surface area (Å²) in [5, 5.41) is 12.1. The second-order valence-corrected chi connectivity index (χ2v) is 3.34. The Balaban J connectivity index is 2.53. The molecule has 0 aromatic heterocycles. The molecular weight excluding hydrogens is 150 g/mol. The number of nitrogens with zero attached hydrogens (tertiary/aromatic N) is 2. The highest BCUT2D eigenvalue weighted by Gasteiger charge is 2.24. The van der Waals surface area contributed by atoms with E-state index in [-0.39, 0.29) is 6.04 Å². The molecule has 0 saturated carbocycles. The fourth-order valence-electron chi connectivity index (χ4n) is 1.60. The number of hydrogen-bond acceptors (Lipinski definition) is 3. The first kappa shape index (κ1) is 9.50. The van der Waals surface area contributed by atoms with Gasteiger partial charge in [0.25, 0.3) is 0 Å². The second kappa shape index (κ2) is 4.44. The molecule has 1 rings (SSSR count). The lowest BCUT2D eigenvalue weighted by Gasteiger charge is -2.36. The summed E-state index contributed by atoms with van der Waals surface area (Å²) in [5.74, 6) is 0. The van der Waals surface area contributed by atoms with Crippen LogP contribution in [0, 0.1) is 11.3 Å². The molecule has 68 valence electrons. The van der Waals surface area contributed by atoms with E-state index in [1.165, 1.54) is 0 Å². The Hall–Kier alpha value is -0.590. The van der Waals surface area contributed by atoms with Crippen LogP contribution in [0.2, 0.25) is 0 Å². The molecule has 1 saturated heterocycles. The maximum absolute atomic E-state index is 8.87. The van der Waals surface area contributed by atoms with Gasteiger partial charge >= 0.3 is 0 Å². The number of piperazine rings is 1. The van der Waals surface area contributed by atoms with Crippen molar-refractivity contribution < 1.29 is 0 Å². The van der Waals surface area contributed by atoms with Gasteiger partial charge in [0.1, 0.15) is 6.04 Å². The fourth-order valence-corrected chi connectivity index (χ4v) is 1.60. The molecule has 0 spiro atoms. The van der Waals surface area contributed by atoms with Gasteiger partial charge in [-0.3, -0.25) is 4.90 Å². The average Bonchev–Trinajstić information content (AvgIpc) is 2.16. The lowest BCUT2D eigenvalue weighted by atomic mass is 10.1. The Labute approximate surface area is 74.4 Å². The Bertz CT molecular complexity index is 173. The third-order valence-electron chi connectivity index (χ3n) is 2.59. The third-order valence-corrected chi connectivity index (χ3v) is 2.59. The molecule has 0 bridgehead atoms. The SMILES string of the molecule is CCC(C)N1CCNCC1C#N. The molecule has 2 atom stereocenters. The van der Waals surface area contributed by atoms with E-state index in [0.29, 0.717) is 6.04 Å².